The molecule has 1 amide bonds. The van der Waals surface area contributed by atoms with Crippen LogP contribution < -0.4 is 5.32 Å². The monoisotopic (exact) mass is 306 g/mol. The molecule has 1 saturated carbocycles. The Morgan fingerprint density at radius 2 is 1.90 bits per heavy atom. The second kappa shape index (κ2) is 5.74. The molecule has 0 atom stereocenters. The van der Waals surface area contributed by atoms with E-state index in [9.17, 15) is 28.1 Å². The summed E-state index contributed by atoms with van der Waals surface area (Å²) in [6.45, 7) is 0. The highest BCUT2D eigenvalue weighted by Gasteiger charge is 2.41. The normalized spacial score (nSPS) is 22.8. The van der Waals surface area contributed by atoms with E-state index in [0.717, 1.165) is 12.1 Å². The van der Waals surface area contributed by atoms with Crippen LogP contribution >= 0.6 is 0 Å². The molecular formula is C12H13F3N2O4. The van der Waals surface area contributed by atoms with E-state index in [2.05, 4.69) is 5.32 Å². The van der Waals surface area contributed by atoms with E-state index in [0.29, 0.717) is 0 Å². The van der Waals surface area contributed by atoms with Crippen molar-refractivity contribution in [1.29, 1.82) is 0 Å². The number of nitrogens with one attached hydrogen (secondary N) is 1. The molecule has 2 rings (SSSR count). The standard InChI is InChI=1S/C12H13F3N2O4/c13-12(14,15)7-1-3-8(4-2-7)16-11(18)9-5-6-10(21-9)17(19)20/h5-8H,1-4H2,(H,16,18). The molecule has 1 heterocycles. The van der Waals surface area contributed by atoms with Gasteiger partial charge in [0, 0.05) is 6.04 Å². The van der Waals surface area contributed by atoms with Crippen LogP contribution in [0.2, 0.25) is 0 Å². The maximum Gasteiger partial charge on any atom is 0.433 e. The van der Waals surface area contributed by atoms with Gasteiger partial charge in [0.1, 0.15) is 4.92 Å². The molecule has 0 radical (unpaired) electrons. The number of alkyl halides is 3. The summed E-state index contributed by atoms with van der Waals surface area (Å²) in [6, 6.07) is 1.84. The van der Waals surface area contributed by atoms with Crippen LogP contribution in [0.15, 0.2) is 16.5 Å². The van der Waals surface area contributed by atoms with E-state index in [-0.39, 0.29) is 37.5 Å². The number of carbonyl (C=O) groups excluding carboxylic acids is 1. The SMILES string of the molecule is O=C(NC1CCC(C(F)(F)F)CC1)c1ccc([N+](=O)[O-])o1. The lowest BCUT2D eigenvalue weighted by Crippen LogP contribution is -2.39. The molecule has 1 aromatic heterocycles. The summed E-state index contributed by atoms with van der Waals surface area (Å²) in [7, 11) is 0. The van der Waals surface area contributed by atoms with Crippen LogP contribution in [-0.2, 0) is 0 Å². The minimum Gasteiger partial charge on any atom is -0.395 e. The van der Waals surface area contributed by atoms with Crippen LogP contribution in [0, 0.1) is 16.0 Å². The summed E-state index contributed by atoms with van der Waals surface area (Å²) in [5, 5.41) is 13.0. The summed E-state index contributed by atoms with van der Waals surface area (Å²) in [4.78, 5) is 21.4. The number of carbonyl (C=O) groups is 1. The highest BCUT2D eigenvalue weighted by Crippen LogP contribution is 2.37. The third-order valence-corrected chi connectivity index (χ3v) is 3.52. The van der Waals surface area contributed by atoms with Crippen molar-refractivity contribution in [1.82, 2.24) is 5.32 Å². The Balaban J connectivity index is 1.88. The summed E-state index contributed by atoms with van der Waals surface area (Å²) >= 11 is 0. The van der Waals surface area contributed by atoms with Crippen molar-refractivity contribution in [3.05, 3.63) is 28.0 Å². The van der Waals surface area contributed by atoms with Crippen molar-refractivity contribution in [3.8, 4) is 0 Å². The molecule has 0 spiro atoms. The van der Waals surface area contributed by atoms with Gasteiger partial charge in [-0.3, -0.25) is 14.9 Å². The lowest BCUT2D eigenvalue weighted by Gasteiger charge is -2.30. The average molecular weight is 306 g/mol. The molecule has 1 aliphatic rings. The predicted molar refractivity (Wildman–Crippen MR) is 64.6 cm³/mol. The van der Waals surface area contributed by atoms with Crippen LogP contribution in [-0.4, -0.2) is 23.0 Å². The van der Waals surface area contributed by atoms with Gasteiger partial charge in [0.05, 0.1) is 12.0 Å². The van der Waals surface area contributed by atoms with Crippen molar-refractivity contribution >= 4 is 11.8 Å². The van der Waals surface area contributed by atoms with Gasteiger partial charge < -0.3 is 9.73 Å². The predicted octanol–water partition coefficient (Wildman–Crippen LogP) is 3.04. The van der Waals surface area contributed by atoms with Crippen LogP contribution in [0.4, 0.5) is 19.1 Å². The Kier molecular flexibility index (Phi) is 4.19. The summed E-state index contributed by atoms with van der Waals surface area (Å²) < 4.78 is 42.3. The number of amides is 1. The molecule has 0 aliphatic heterocycles. The molecular weight excluding hydrogens is 293 g/mol. The van der Waals surface area contributed by atoms with E-state index < -0.39 is 28.8 Å². The van der Waals surface area contributed by atoms with Crippen molar-refractivity contribution < 1.29 is 27.3 Å². The number of rotatable bonds is 3. The van der Waals surface area contributed by atoms with Gasteiger partial charge in [-0.2, -0.15) is 13.2 Å². The maximum absolute atomic E-state index is 12.5. The van der Waals surface area contributed by atoms with E-state index >= 15 is 0 Å². The quantitative estimate of drug-likeness (QED) is 0.687. The van der Waals surface area contributed by atoms with E-state index in [1.807, 2.05) is 0 Å². The molecule has 0 bridgehead atoms. The smallest absolute Gasteiger partial charge is 0.395 e. The molecule has 9 heteroatoms. The van der Waals surface area contributed by atoms with Gasteiger partial charge in [-0.15, -0.1) is 0 Å². The molecule has 0 unspecified atom stereocenters. The first kappa shape index (κ1) is 15.3. The maximum atomic E-state index is 12.5. The van der Waals surface area contributed by atoms with Crippen LogP contribution in [0.5, 0.6) is 0 Å². The fourth-order valence-corrected chi connectivity index (χ4v) is 2.37. The summed E-state index contributed by atoms with van der Waals surface area (Å²) in [6.07, 6.45) is -3.83. The largest absolute Gasteiger partial charge is 0.433 e. The van der Waals surface area contributed by atoms with Crippen LogP contribution in [0.1, 0.15) is 36.2 Å². The van der Waals surface area contributed by atoms with Gasteiger partial charge >= 0.3 is 12.1 Å². The van der Waals surface area contributed by atoms with Gasteiger partial charge in [-0.25, -0.2) is 0 Å². The van der Waals surface area contributed by atoms with Gasteiger partial charge in [-0.05, 0) is 31.7 Å². The molecule has 0 aromatic carbocycles. The molecule has 116 valence electrons. The Morgan fingerprint density at radius 1 is 1.29 bits per heavy atom. The third kappa shape index (κ3) is 3.73. The average Bonchev–Trinajstić information content (AvgIpc) is 2.88. The second-order valence-electron chi connectivity index (χ2n) is 4.96. The molecule has 1 N–H and O–H groups in total. The van der Waals surface area contributed by atoms with E-state index in [4.69, 9.17) is 4.42 Å². The van der Waals surface area contributed by atoms with Crippen molar-refractivity contribution in [2.24, 2.45) is 5.92 Å². The first-order chi connectivity index (χ1) is 9.77. The molecule has 21 heavy (non-hydrogen) atoms. The topological polar surface area (TPSA) is 85.4 Å². The second-order valence-corrected chi connectivity index (χ2v) is 4.96. The summed E-state index contributed by atoms with van der Waals surface area (Å²) in [5.74, 6) is -2.76. The number of nitrogens with zero attached hydrogens (tertiary/aromatic N) is 1. The Labute approximate surface area is 117 Å². The van der Waals surface area contributed by atoms with E-state index in [1.165, 1.54) is 0 Å². The zero-order chi connectivity index (χ0) is 15.6. The first-order valence-corrected chi connectivity index (χ1v) is 6.39. The zero-order valence-corrected chi connectivity index (χ0v) is 10.9. The molecule has 1 fully saturated rings. The number of hydrogen-bond donors (Lipinski definition) is 1. The van der Waals surface area contributed by atoms with Crippen molar-refractivity contribution in [2.45, 2.75) is 37.9 Å². The number of nitro groups is 1. The van der Waals surface area contributed by atoms with Gasteiger partial charge in [-0.1, -0.05) is 0 Å². The Morgan fingerprint density at radius 3 is 2.38 bits per heavy atom. The molecule has 6 nitrogen and oxygen atoms in total. The number of hydrogen-bond acceptors (Lipinski definition) is 4. The zero-order valence-electron chi connectivity index (χ0n) is 10.9. The fraction of sp³-hybridized carbons (Fsp3) is 0.583. The highest BCUT2D eigenvalue weighted by atomic mass is 19.4. The minimum atomic E-state index is -4.20. The van der Waals surface area contributed by atoms with Gasteiger partial charge in [0.15, 0.2) is 5.76 Å². The highest BCUT2D eigenvalue weighted by molar-refractivity contribution is 5.91. The van der Waals surface area contributed by atoms with Crippen LogP contribution in [0.3, 0.4) is 0 Å². The lowest BCUT2D eigenvalue weighted by atomic mass is 9.85. The molecule has 1 aliphatic carbocycles. The first-order valence-electron chi connectivity index (χ1n) is 6.39. The fourth-order valence-electron chi connectivity index (χ4n) is 2.37. The third-order valence-electron chi connectivity index (χ3n) is 3.52. The minimum absolute atomic E-state index is 0.0350. The number of halogens is 3. The number of furan rings is 1. The molecule has 0 saturated heterocycles. The van der Waals surface area contributed by atoms with E-state index in [1.54, 1.807) is 0 Å². The van der Waals surface area contributed by atoms with Crippen molar-refractivity contribution in [2.75, 3.05) is 0 Å². The molecule has 1 aromatic rings. The summed E-state index contributed by atoms with van der Waals surface area (Å²) in [5.41, 5.74) is 0. The Bertz CT molecular complexity index is 533. The Hall–Kier alpha value is -2.06. The van der Waals surface area contributed by atoms with Gasteiger partial charge in [0.2, 0.25) is 0 Å². The lowest BCUT2D eigenvalue weighted by molar-refractivity contribution is -0.402. The van der Waals surface area contributed by atoms with Gasteiger partial charge in [0.25, 0.3) is 5.91 Å². The van der Waals surface area contributed by atoms with Crippen molar-refractivity contribution in [3.63, 3.8) is 0 Å². The van der Waals surface area contributed by atoms with Crippen LogP contribution in [0.25, 0.3) is 0 Å².